The summed E-state index contributed by atoms with van der Waals surface area (Å²) >= 11 is 8.23. The lowest BCUT2D eigenvalue weighted by Gasteiger charge is -1.90. The van der Waals surface area contributed by atoms with Gasteiger partial charge in [0.25, 0.3) is 0 Å². The highest BCUT2D eigenvalue weighted by atomic mass is 127. The van der Waals surface area contributed by atoms with Crippen molar-refractivity contribution in [2.45, 2.75) is 6.92 Å². The summed E-state index contributed by atoms with van der Waals surface area (Å²) in [6, 6.07) is 1.79. The number of H-pyrrole nitrogens is 1. The van der Waals surface area contributed by atoms with Gasteiger partial charge < -0.3 is 4.98 Å². The van der Waals surface area contributed by atoms with E-state index in [0.29, 0.717) is 0 Å². The lowest BCUT2D eigenvalue weighted by molar-refractivity contribution is 1.28. The minimum atomic E-state index is 0.728. The minimum absolute atomic E-state index is 0.728. The molecule has 0 bridgehead atoms. The van der Waals surface area contributed by atoms with Gasteiger partial charge in [-0.15, -0.1) is 0 Å². The lowest BCUT2D eigenvalue weighted by Crippen LogP contribution is -1.75. The van der Waals surface area contributed by atoms with Crippen LogP contribution < -0.4 is 0 Å². The van der Waals surface area contributed by atoms with Crippen LogP contribution in [-0.2, 0) is 0 Å². The van der Waals surface area contributed by atoms with Gasteiger partial charge in [-0.3, -0.25) is 4.98 Å². The summed E-state index contributed by atoms with van der Waals surface area (Å²) in [4.78, 5) is 7.43. The van der Waals surface area contributed by atoms with Crippen LogP contribution in [0.3, 0.4) is 0 Å². The van der Waals surface area contributed by atoms with E-state index in [1.165, 1.54) is 0 Å². The average Bonchev–Trinajstić information content (AvgIpc) is 2.32. The third-order valence-corrected chi connectivity index (χ3v) is 3.38. The van der Waals surface area contributed by atoms with Gasteiger partial charge in [-0.2, -0.15) is 0 Å². The molecule has 0 saturated heterocycles. The molecule has 0 amide bonds. The van der Waals surface area contributed by atoms with Gasteiger partial charge in [-0.1, -0.05) is 11.6 Å². The van der Waals surface area contributed by atoms with E-state index in [0.717, 1.165) is 25.3 Å². The Morgan fingerprint density at radius 3 is 3.00 bits per heavy atom. The molecule has 12 heavy (non-hydrogen) atoms. The van der Waals surface area contributed by atoms with E-state index >= 15 is 0 Å². The van der Waals surface area contributed by atoms with Crippen LogP contribution in [0.5, 0.6) is 0 Å². The second kappa shape index (κ2) is 2.88. The first-order chi connectivity index (χ1) is 5.70. The molecule has 0 unspecified atom stereocenters. The van der Waals surface area contributed by atoms with Gasteiger partial charge >= 0.3 is 0 Å². The molecule has 0 saturated carbocycles. The third kappa shape index (κ3) is 1.11. The second-order valence-electron chi connectivity index (χ2n) is 2.58. The molecule has 2 aromatic rings. The first-order valence-electron chi connectivity index (χ1n) is 3.48. The Morgan fingerprint density at radius 1 is 1.58 bits per heavy atom. The maximum Gasteiger partial charge on any atom is 0.103 e. The highest BCUT2D eigenvalue weighted by Crippen LogP contribution is 2.26. The van der Waals surface area contributed by atoms with Crippen molar-refractivity contribution in [3.8, 4) is 0 Å². The number of halogens is 2. The highest BCUT2D eigenvalue weighted by molar-refractivity contribution is 14.1. The van der Waals surface area contributed by atoms with Crippen molar-refractivity contribution in [3.63, 3.8) is 0 Å². The first-order valence-corrected chi connectivity index (χ1v) is 4.94. The Bertz CT molecular complexity index is 436. The van der Waals surface area contributed by atoms with Crippen molar-refractivity contribution in [1.29, 1.82) is 0 Å². The normalized spacial score (nSPS) is 10.9. The molecule has 0 fully saturated rings. The van der Waals surface area contributed by atoms with Gasteiger partial charge in [0.15, 0.2) is 0 Å². The highest BCUT2D eigenvalue weighted by Gasteiger charge is 2.08. The van der Waals surface area contributed by atoms with Crippen LogP contribution in [0.25, 0.3) is 11.0 Å². The first kappa shape index (κ1) is 8.31. The fourth-order valence-electron chi connectivity index (χ4n) is 1.14. The number of aryl methyl sites for hydroxylation is 1. The van der Waals surface area contributed by atoms with Crippen molar-refractivity contribution in [2.75, 3.05) is 0 Å². The molecular formula is C8H6ClIN2. The molecule has 0 spiro atoms. The van der Waals surface area contributed by atoms with Gasteiger partial charge in [-0.05, 0) is 35.6 Å². The van der Waals surface area contributed by atoms with E-state index in [1.807, 2.05) is 6.92 Å². The number of aromatic amines is 1. The standard InChI is InChI=1S/C8H6ClIN2/c1-4-6(10)8-7(12-4)5(9)2-3-11-8/h2-3,12H,1H3. The summed E-state index contributed by atoms with van der Waals surface area (Å²) in [5.74, 6) is 0. The lowest BCUT2D eigenvalue weighted by atomic mass is 10.4. The predicted octanol–water partition coefficient (Wildman–Crippen LogP) is 3.13. The molecule has 0 aliphatic heterocycles. The van der Waals surface area contributed by atoms with Crippen LogP contribution in [0.1, 0.15) is 5.69 Å². The Balaban J connectivity index is 2.95. The predicted molar refractivity (Wildman–Crippen MR) is 58.6 cm³/mol. The van der Waals surface area contributed by atoms with Gasteiger partial charge in [0, 0.05) is 11.9 Å². The largest absolute Gasteiger partial charge is 0.355 e. The van der Waals surface area contributed by atoms with Crippen molar-refractivity contribution in [3.05, 3.63) is 26.5 Å². The Morgan fingerprint density at radius 2 is 2.33 bits per heavy atom. The van der Waals surface area contributed by atoms with Crippen molar-refractivity contribution in [1.82, 2.24) is 9.97 Å². The van der Waals surface area contributed by atoms with Crippen LogP contribution in [0.4, 0.5) is 0 Å². The average molecular weight is 293 g/mol. The summed E-state index contributed by atoms with van der Waals surface area (Å²) in [5, 5.41) is 0.728. The number of aromatic nitrogens is 2. The van der Waals surface area contributed by atoms with Crippen LogP contribution >= 0.6 is 34.2 Å². The van der Waals surface area contributed by atoms with E-state index in [9.17, 15) is 0 Å². The summed E-state index contributed by atoms with van der Waals surface area (Å²) in [5.41, 5.74) is 3.01. The number of pyridine rings is 1. The minimum Gasteiger partial charge on any atom is -0.355 e. The Labute approximate surface area is 88.5 Å². The molecule has 0 radical (unpaired) electrons. The summed E-state index contributed by atoms with van der Waals surface area (Å²) in [6.45, 7) is 2.01. The van der Waals surface area contributed by atoms with E-state index in [-0.39, 0.29) is 0 Å². The fourth-order valence-corrected chi connectivity index (χ4v) is 1.88. The molecule has 2 heterocycles. The summed E-state index contributed by atoms with van der Waals surface area (Å²) in [7, 11) is 0. The molecule has 2 nitrogen and oxygen atoms in total. The van der Waals surface area contributed by atoms with Gasteiger partial charge in [0.05, 0.1) is 14.1 Å². The van der Waals surface area contributed by atoms with Crippen molar-refractivity contribution >= 4 is 45.2 Å². The van der Waals surface area contributed by atoms with Crippen LogP contribution in [0, 0.1) is 10.5 Å². The van der Waals surface area contributed by atoms with Crippen LogP contribution in [0.2, 0.25) is 5.02 Å². The van der Waals surface area contributed by atoms with Crippen LogP contribution in [-0.4, -0.2) is 9.97 Å². The molecule has 2 rings (SSSR count). The molecule has 0 aliphatic rings. The van der Waals surface area contributed by atoms with E-state index in [4.69, 9.17) is 11.6 Å². The molecule has 0 atom stereocenters. The fraction of sp³-hybridized carbons (Fsp3) is 0.125. The number of hydrogen-bond acceptors (Lipinski definition) is 1. The molecule has 1 N–H and O–H groups in total. The molecule has 0 aromatic carbocycles. The van der Waals surface area contributed by atoms with Gasteiger partial charge in [0.2, 0.25) is 0 Å². The Hall–Kier alpha value is -0.290. The number of nitrogens with zero attached hydrogens (tertiary/aromatic N) is 1. The van der Waals surface area contributed by atoms with Gasteiger partial charge in [-0.25, -0.2) is 0 Å². The molecule has 4 heteroatoms. The maximum atomic E-state index is 5.97. The summed E-state index contributed by atoms with van der Waals surface area (Å²) < 4.78 is 1.14. The Kier molecular flexibility index (Phi) is 2.00. The van der Waals surface area contributed by atoms with E-state index in [2.05, 4.69) is 32.6 Å². The molecule has 62 valence electrons. The van der Waals surface area contributed by atoms with Crippen LogP contribution in [0.15, 0.2) is 12.3 Å². The monoisotopic (exact) mass is 292 g/mol. The topological polar surface area (TPSA) is 28.7 Å². The zero-order valence-corrected chi connectivity index (χ0v) is 9.27. The third-order valence-electron chi connectivity index (χ3n) is 1.75. The number of hydrogen-bond donors (Lipinski definition) is 1. The SMILES string of the molecule is Cc1[nH]c2c(Cl)ccnc2c1I. The summed E-state index contributed by atoms with van der Waals surface area (Å²) in [6.07, 6.45) is 1.72. The number of fused-ring (bicyclic) bond motifs is 1. The molecule has 2 aromatic heterocycles. The van der Waals surface area contributed by atoms with E-state index < -0.39 is 0 Å². The zero-order chi connectivity index (χ0) is 8.72. The van der Waals surface area contributed by atoms with E-state index in [1.54, 1.807) is 12.3 Å². The van der Waals surface area contributed by atoms with Gasteiger partial charge in [0.1, 0.15) is 5.52 Å². The molecule has 0 aliphatic carbocycles. The zero-order valence-electron chi connectivity index (χ0n) is 6.36. The maximum absolute atomic E-state index is 5.97. The number of rotatable bonds is 0. The van der Waals surface area contributed by atoms with Crippen molar-refractivity contribution in [2.24, 2.45) is 0 Å². The smallest absolute Gasteiger partial charge is 0.103 e. The number of nitrogens with one attached hydrogen (secondary N) is 1. The molecular weight excluding hydrogens is 286 g/mol. The second-order valence-corrected chi connectivity index (χ2v) is 4.07. The van der Waals surface area contributed by atoms with Crippen molar-refractivity contribution < 1.29 is 0 Å². The quantitative estimate of drug-likeness (QED) is 0.743.